The molecule has 4 heteroatoms. The minimum Gasteiger partial charge on any atom is -0.351 e. The van der Waals surface area contributed by atoms with Crippen LogP contribution in [0.2, 0.25) is 0 Å². The van der Waals surface area contributed by atoms with E-state index in [1.54, 1.807) is 0 Å². The highest BCUT2D eigenvalue weighted by molar-refractivity contribution is 5.81. The Kier molecular flexibility index (Phi) is 7.34. The van der Waals surface area contributed by atoms with Gasteiger partial charge < -0.3 is 16.0 Å². The quantitative estimate of drug-likeness (QED) is 0.679. The monoisotopic (exact) mass is 229 g/mol. The van der Waals surface area contributed by atoms with Gasteiger partial charge in [0.05, 0.1) is 6.04 Å². The molecule has 2 atom stereocenters. The van der Waals surface area contributed by atoms with Crippen LogP contribution in [0.4, 0.5) is 0 Å². The Balaban J connectivity index is 4.24. The van der Waals surface area contributed by atoms with E-state index in [0.29, 0.717) is 12.3 Å². The maximum atomic E-state index is 11.7. The number of likely N-dealkylation sites (N-methyl/N-ethyl adjacent to an activating group) is 1. The molecule has 0 rings (SSSR count). The van der Waals surface area contributed by atoms with Gasteiger partial charge in [0.25, 0.3) is 0 Å². The van der Waals surface area contributed by atoms with Gasteiger partial charge in [0, 0.05) is 12.6 Å². The van der Waals surface area contributed by atoms with Crippen LogP contribution < -0.4 is 11.1 Å². The van der Waals surface area contributed by atoms with Gasteiger partial charge in [-0.25, -0.2) is 0 Å². The normalized spacial score (nSPS) is 15.2. The summed E-state index contributed by atoms with van der Waals surface area (Å²) in [5.41, 5.74) is 5.70. The molecule has 0 bridgehead atoms. The van der Waals surface area contributed by atoms with Crippen molar-refractivity contribution in [1.82, 2.24) is 10.2 Å². The van der Waals surface area contributed by atoms with Crippen LogP contribution in [0.15, 0.2) is 0 Å². The largest absolute Gasteiger partial charge is 0.351 e. The molecule has 0 saturated carbocycles. The topological polar surface area (TPSA) is 58.4 Å². The molecule has 0 aromatic carbocycles. The van der Waals surface area contributed by atoms with Crippen LogP contribution in [-0.2, 0) is 4.79 Å². The molecule has 0 aromatic rings. The minimum atomic E-state index is -0.378. The van der Waals surface area contributed by atoms with Gasteiger partial charge in [0.1, 0.15) is 0 Å². The number of rotatable bonds is 7. The highest BCUT2D eigenvalue weighted by Gasteiger charge is 2.18. The summed E-state index contributed by atoms with van der Waals surface area (Å²) in [5, 5.41) is 3.02. The summed E-state index contributed by atoms with van der Waals surface area (Å²) in [6, 6.07) is -0.183. The average Bonchev–Trinajstić information content (AvgIpc) is 2.14. The molecule has 0 aromatic heterocycles. The first-order valence-corrected chi connectivity index (χ1v) is 6.07. The molecular formula is C12H27N3O. The maximum absolute atomic E-state index is 11.7. The Labute approximate surface area is 99.6 Å². The summed E-state index contributed by atoms with van der Waals surface area (Å²) in [5.74, 6) is 0.540. The van der Waals surface area contributed by atoms with Crippen molar-refractivity contribution >= 4 is 5.91 Å². The first-order chi connectivity index (χ1) is 7.36. The highest BCUT2D eigenvalue weighted by Crippen LogP contribution is 2.06. The summed E-state index contributed by atoms with van der Waals surface area (Å²) in [4.78, 5) is 13.8. The third kappa shape index (κ3) is 6.80. The fraction of sp³-hybridized carbons (Fsp3) is 0.917. The van der Waals surface area contributed by atoms with Crippen molar-refractivity contribution in [3.8, 4) is 0 Å². The van der Waals surface area contributed by atoms with Crippen LogP contribution in [0.1, 0.15) is 33.6 Å². The van der Waals surface area contributed by atoms with E-state index in [1.165, 1.54) is 0 Å². The van der Waals surface area contributed by atoms with Crippen molar-refractivity contribution in [2.45, 2.75) is 45.7 Å². The van der Waals surface area contributed by atoms with Crippen molar-refractivity contribution in [3.63, 3.8) is 0 Å². The van der Waals surface area contributed by atoms with Crippen molar-refractivity contribution in [3.05, 3.63) is 0 Å². The van der Waals surface area contributed by atoms with E-state index < -0.39 is 0 Å². The molecule has 0 fully saturated rings. The summed E-state index contributed by atoms with van der Waals surface area (Å²) in [6.07, 6.45) is 1.67. The van der Waals surface area contributed by atoms with E-state index in [-0.39, 0.29) is 18.0 Å². The maximum Gasteiger partial charge on any atom is 0.237 e. The lowest BCUT2D eigenvalue weighted by Gasteiger charge is -2.25. The number of nitrogens with two attached hydrogens (primary N) is 1. The van der Waals surface area contributed by atoms with Gasteiger partial charge >= 0.3 is 0 Å². The van der Waals surface area contributed by atoms with Gasteiger partial charge in [-0.05, 0) is 32.9 Å². The van der Waals surface area contributed by atoms with Gasteiger partial charge in [0.2, 0.25) is 5.91 Å². The van der Waals surface area contributed by atoms with Crippen LogP contribution in [0.3, 0.4) is 0 Å². The predicted octanol–water partition coefficient (Wildman–Crippen LogP) is 0.816. The third-order valence-electron chi connectivity index (χ3n) is 2.46. The highest BCUT2D eigenvalue weighted by atomic mass is 16.2. The SMILES string of the molecule is CCC(N)C(=O)NC(CC(C)C)CN(C)C. The second kappa shape index (κ2) is 7.63. The summed E-state index contributed by atoms with van der Waals surface area (Å²) >= 11 is 0. The van der Waals surface area contributed by atoms with Gasteiger partial charge in [-0.1, -0.05) is 20.8 Å². The molecule has 2 unspecified atom stereocenters. The minimum absolute atomic E-state index is 0.0324. The Morgan fingerprint density at radius 1 is 1.38 bits per heavy atom. The van der Waals surface area contributed by atoms with E-state index >= 15 is 0 Å². The number of hydrogen-bond acceptors (Lipinski definition) is 3. The van der Waals surface area contributed by atoms with E-state index in [4.69, 9.17) is 5.73 Å². The van der Waals surface area contributed by atoms with Gasteiger partial charge in [0.15, 0.2) is 0 Å². The number of nitrogens with zero attached hydrogens (tertiary/aromatic N) is 1. The van der Waals surface area contributed by atoms with E-state index in [2.05, 4.69) is 24.1 Å². The first kappa shape index (κ1) is 15.4. The Morgan fingerprint density at radius 3 is 2.31 bits per heavy atom. The van der Waals surface area contributed by atoms with E-state index in [1.807, 2.05) is 21.0 Å². The molecule has 0 spiro atoms. The van der Waals surface area contributed by atoms with Gasteiger partial charge in [-0.3, -0.25) is 4.79 Å². The van der Waals surface area contributed by atoms with E-state index in [9.17, 15) is 4.79 Å². The second-order valence-corrected chi connectivity index (χ2v) is 5.11. The Hall–Kier alpha value is -0.610. The molecular weight excluding hydrogens is 202 g/mol. The van der Waals surface area contributed by atoms with E-state index in [0.717, 1.165) is 13.0 Å². The van der Waals surface area contributed by atoms with Crippen LogP contribution in [-0.4, -0.2) is 43.5 Å². The van der Waals surface area contributed by atoms with Gasteiger partial charge in [-0.15, -0.1) is 0 Å². The van der Waals surface area contributed by atoms with Crippen LogP contribution in [0, 0.1) is 5.92 Å². The molecule has 0 aliphatic heterocycles. The molecule has 0 aliphatic carbocycles. The first-order valence-electron chi connectivity index (χ1n) is 6.07. The Bertz CT molecular complexity index is 194. The molecule has 0 heterocycles. The number of hydrogen-bond donors (Lipinski definition) is 2. The zero-order chi connectivity index (χ0) is 12.7. The fourth-order valence-corrected chi connectivity index (χ4v) is 1.68. The lowest BCUT2D eigenvalue weighted by molar-refractivity contribution is -0.123. The van der Waals surface area contributed by atoms with Crippen LogP contribution in [0.25, 0.3) is 0 Å². The molecule has 96 valence electrons. The van der Waals surface area contributed by atoms with Crippen molar-refractivity contribution in [1.29, 1.82) is 0 Å². The van der Waals surface area contributed by atoms with Crippen molar-refractivity contribution in [2.24, 2.45) is 11.7 Å². The molecule has 16 heavy (non-hydrogen) atoms. The lowest BCUT2D eigenvalue weighted by atomic mass is 10.0. The molecule has 1 amide bonds. The molecule has 3 N–H and O–H groups in total. The van der Waals surface area contributed by atoms with Crippen LogP contribution >= 0.6 is 0 Å². The average molecular weight is 229 g/mol. The molecule has 0 aliphatic rings. The summed E-state index contributed by atoms with van der Waals surface area (Å²) < 4.78 is 0. The third-order valence-corrected chi connectivity index (χ3v) is 2.46. The number of nitrogens with one attached hydrogen (secondary N) is 1. The smallest absolute Gasteiger partial charge is 0.237 e. The summed E-state index contributed by atoms with van der Waals surface area (Å²) in [7, 11) is 4.03. The fourth-order valence-electron chi connectivity index (χ4n) is 1.68. The molecule has 4 nitrogen and oxygen atoms in total. The number of amides is 1. The molecule has 0 saturated heterocycles. The zero-order valence-corrected chi connectivity index (χ0v) is 11.3. The Morgan fingerprint density at radius 2 is 1.94 bits per heavy atom. The van der Waals surface area contributed by atoms with Crippen molar-refractivity contribution in [2.75, 3.05) is 20.6 Å². The van der Waals surface area contributed by atoms with Crippen molar-refractivity contribution < 1.29 is 4.79 Å². The standard InChI is InChI=1S/C12H27N3O/c1-6-11(13)12(16)14-10(7-9(2)3)8-15(4)5/h9-11H,6-8,13H2,1-5H3,(H,14,16). The zero-order valence-electron chi connectivity index (χ0n) is 11.3. The summed E-state index contributed by atoms with van der Waals surface area (Å²) in [6.45, 7) is 7.11. The lowest BCUT2D eigenvalue weighted by Crippen LogP contribution is -2.48. The predicted molar refractivity (Wildman–Crippen MR) is 68.2 cm³/mol. The second-order valence-electron chi connectivity index (χ2n) is 5.11. The van der Waals surface area contributed by atoms with Gasteiger partial charge in [-0.2, -0.15) is 0 Å². The molecule has 0 radical (unpaired) electrons. The number of carbonyl (C=O) groups excluding carboxylic acids is 1. The van der Waals surface area contributed by atoms with Crippen LogP contribution in [0.5, 0.6) is 0 Å². The number of carbonyl (C=O) groups is 1.